The Morgan fingerprint density at radius 2 is 1.06 bits per heavy atom. The number of rotatable bonds is 10. The van der Waals surface area contributed by atoms with Crippen LogP contribution < -0.4 is 0 Å². The van der Waals surface area contributed by atoms with Gasteiger partial charge in [-0.1, -0.05) is 0 Å². The van der Waals surface area contributed by atoms with Crippen molar-refractivity contribution in [2.24, 2.45) is 11.8 Å². The van der Waals surface area contributed by atoms with Crippen LogP contribution in [0.2, 0.25) is 0 Å². The van der Waals surface area contributed by atoms with Gasteiger partial charge < -0.3 is 83.9 Å². The number of hydrogen-bond acceptors (Lipinski definition) is 16. The molecule has 0 radical (unpaired) electrons. The quantitative estimate of drug-likeness (QED) is 0.0978. The molecule has 0 aromatic rings. The molecule has 0 spiro atoms. The molecule has 3 heterocycles. The molecule has 47 heavy (non-hydrogen) atoms. The van der Waals surface area contributed by atoms with Gasteiger partial charge in [-0.15, -0.1) is 0 Å². The fourth-order valence-electron chi connectivity index (χ4n) is 8.00. The van der Waals surface area contributed by atoms with Crippen LogP contribution in [0.15, 0.2) is 0 Å². The van der Waals surface area contributed by atoms with Crippen LogP contribution in [0, 0.1) is 11.8 Å². The van der Waals surface area contributed by atoms with Crippen LogP contribution in [0.5, 0.6) is 0 Å². The Balaban J connectivity index is 1.43. The standard InChI is InChI=1S/C30H52O17/c1-40-12-6-14-13(15(7-12)44-29-26(38)24(36)22(34)19(9-31)46-29)8-18(45-30-27(39)25(37)23(35)20(10-32)47-30)28(43-14)11-4-16(41-2)21(33)17(5-11)42-3/h11-39H,4-10H2,1-3H3/p+1. The average Bonchev–Trinajstić information content (AvgIpc) is 3.08. The molecule has 0 bridgehead atoms. The van der Waals surface area contributed by atoms with Crippen LogP contribution in [0.25, 0.3) is 0 Å². The second-order valence-electron chi connectivity index (χ2n) is 13.4. The van der Waals surface area contributed by atoms with Crippen molar-refractivity contribution in [3.05, 3.63) is 0 Å². The summed E-state index contributed by atoms with van der Waals surface area (Å²) in [5.74, 6) is -0.595. The third-order valence-electron chi connectivity index (χ3n) is 10.8. The van der Waals surface area contributed by atoms with Gasteiger partial charge in [0.2, 0.25) is 0 Å². The van der Waals surface area contributed by atoms with Crippen LogP contribution in [0.3, 0.4) is 0 Å². The normalized spacial score (nSPS) is 52.6. The fourth-order valence-corrected chi connectivity index (χ4v) is 8.00. The van der Waals surface area contributed by atoms with Crippen LogP contribution in [-0.2, 0) is 33.2 Å². The first-order chi connectivity index (χ1) is 22.4. The second kappa shape index (κ2) is 16.1. The van der Waals surface area contributed by atoms with Crippen LogP contribution in [0.1, 0.15) is 32.1 Å². The number of fused-ring (bicyclic) bond motifs is 1. The van der Waals surface area contributed by atoms with Crippen molar-refractivity contribution in [3.63, 3.8) is 0 Å². The van der Waals surface area contributed by atoms with E-state index in [1.165, 1.54) is 14.2 Å². The van der Waals surface area contributed by atoms with E-state index in [4.69, 9.17) is 37.9 Å². The zero-order valence-electron chi connectivity index (χ0n) is 26.8. The van der Waals surface area contributed by atoms with Gasteiger partial charge >= 0.3 is 0 Å². The topological polar surface area (TPSA) is 259 Å². The van der Waals surface area contributed by atoms with E-state index in [-0.39, 0.29) is 30.5 Å². The SMILES string of the molecule is COC1CC(OC2OC(CO)C(O)C(O)C2O)C2CC(OC3OC(CO)C(O)C(O)C3O)C(C3CC(OC)C(O)C(OC)C3)[OH+]C2C1. The zero-order chi connectivity index (χ0) is 34.2. The van der Waals surface area contributed by atoms with Gasteiger partial charge in [0.25, 0.3) is 0 Å². The third-order valence-corrected chi connectivity index (χ3v) is 10.8. The van der Waals surface area contributed by atoms with Crippen molar-refractivity contribution in [1.29, 1.82) is 0 Å². The summed E-state index contributed by atoms with van der Waals surface area (Å²) in [4.78, 5) is 0. The molecule has 3 aliphatic heterocycles. The van der Waals surface area contributed by atoms with Gasteiger partial charge in [-0.3, -0.25) is 0 Å². The lowest BCUT2D eigenvalue weighted by Gasteiger charge is -2.51. The lowest BCUT2D eigenvalue weighted by atomic mass is 9.72. The molecule has 17 nitrogen and oxygen atoms in total. The Kier molecular flexibility index (Phi) is 12.9. The molecular formula is C30H53O17+. The number of aliphatic hydroxyl groups excluding tert-OH is 9. The van der Waals surface area contributed by atoms with E-state index >= 15 is 0 Å². The molecule has 5 rings (SSSR count). The summed E-state index contributed by atoms with van der Waals surface area (Å²) in [6.45, 7) is -1.25. The fraction of sp³-hybridized carbons (Fsp3) is 1.00. The van der Waals surface area contributed by atoms with Crippen molar-refractivity contribution < 1.29 is 83.9 Å². The van der Waals surface area contributed by atoms with E-state index in [1.807, 2.05) is 0 Å². The van der Waals surface area contributed by atoms with Crippen molar-refractivity contribution >= 4 is 0 Å². The Hall–Kier alpha value is -0.680. The molecule has 18 atom stereocenters. The third kappa shape index (κ3) is 7.67. The maximum Gasteiger partial charge on any atom is 0.187 e. The molecule has 17 heteroatoms. The first-order valence-electron chi connectivity index (χ1n) is 16.3. The van der Waals surface area contributed by atoms with Crippen molar-refractivity contribution in [3.8, 4) is 0 Å². The van der Waals surface area contributed by atoms with Gasteiger partial charge in [0.15, 0.2) is 24.8 Å². The summed E-state index contributed by atoms with van der Waals surface area (Å²) < 4.78 is 46.2. The summed E-state index contributed by atoms with van der Waals surface area (Å²) in [6, 6.07) is 0. The molecule has 2 saturated carbocycles. The first-order valence-corrected chi connectivity index (χ1v) is 16.3. The van der Waals surface area contributed by atoms with E-state index in [2.05, 4.69) is 0 Å². The minimum absolute atomic E-state index is 0.225. The summed E-state index contributed by atoms with van der Waals surface area (Å²) >= 11 is 0. The van der Waals surface area contributed by atoms with Crippen LogP contribution in [0.4, 0.5) is 0 Å². The van der Waals surface area contributed by atoms with Gasteiger partial charge in [-0.05, 0) is 19.3 Å². The number of hydrogen-bond donors (Lipinski definition) is 9. The molecule has 5 fully saturated rings. The maximum atomic E-state index is 10.8. The van der Waals surface area contributed by atoms with Gasteiger partial charge in [0.05, 0.1) is 43.5 Å². The Labute approximate surface area is 272 Å². The first kappa shape index (κ1) is 37.6. The monoisotopic (exact) mass is 685 g/mol. The molecule has 0 amide bonds. The van der Waals surface area contributed by atoms with Crippen LogP contribution in [-0.4, -0.2) is 195 Å². The van der Waals surface area contributed by atoms with E-state index in [0.717, 1.165) is 0 Å². The molecule has 274 valence electrons. The predicted octanol–water partition coefficient (Wildman–Crippen LogP) is -4.75. The molecule has 5 aliphatic rings. The van der Waals surface area contributed by atoms with E-state index in [1.54, 1.807) is 7.11 Å². The Bertz CT molecular complexity index is 961. The van der Waals surface area contributed by atoms with Gasteiger partial charge in [-0.25, -0.2) is 0 Å². The van der Waals surface area contributed by atoms with Crippen molar-refractivity contribution in [1.82, 2.24) is 0 Å². The summed E-state index contributed by atoms with van der Waals surface area (Å²) in [6.07, 6.45) is -17.5. The van der Waals surface area contributed by atoms with E-state index in [9.17, 15) is 46.0 Å². The van der Waals surface area contributed by atoms with Crippen LogP contribution >= 0.6 is 0 Å². The number of methoxy groups -OCH3 is 3. The highest BCUT2D eigenvalue weighted by Gasteiger charge is 2.57. The lowest BCUT2D eigenvalue weighted by Crippen LogP contribution is -2.64. The molecule has 0 aromatic heterocycles. The minimum atomic E-state index is -1.65. The minimum Gasteiger partial charge on any atom is -0.427 e. The average molecular weight is 686 g/mol. The summed E-state index contributed by atoms with van der Waals surface area (Å²) in [5.41, 5.74) is 0. The highest BCUT2D eigenvalue weighted by atomic mass is 16.7. The van der Waals surface area contributed by atoms with Gasteiger partial charge in [0.1, 0.15) is 61.0 Å². The van der Waals surface area contributed by atoms with Crippen molar-refractivity contribution in [2.75, 3.05) is 34.5 Å². The number of aliphatic hydroxyl groups is 11. The van der Waals surface area contributed by atoms with E-state index < -0.39 is 111 Å². The van der Waals surface area contributed by atoms with Crippen molar-refractivity contribution in [2.45, 2.75) is 142 Å². The molecule has 10 N–H and O–H groups in total. The highest BCUT2D eigenvalue weighted by molar-refractivity contribution is 5.01. The largest absolute Gasteiger partial charge is 0.427 e. The summed E-state index contributed by atoms with van der Waals surface area (Å²) in [5, 5.41) is 93.2. The predicted molar refractivity (Wildman–Crippen MR) is 156 cm³/mol. The lowest BCUT2D eigenvalue weighted by molar-refractivity contribution is -0.368. The molecule has 2 aliphatic carbocycles. The van der Waals surface area contributed by atoms with E-state index in [0.29, 0.717) is 25.7 Å². The maximum absolute atomic E-state index is 10.8. The molecule has 0 aromatic carbocycles. The Morgan fingerprint density at radius 3 is 1.53 bits per heavy atom. The molecule has 3 saturated heterocycles. The number of ether oxygens (including phenoxy) is 8. The smallest absolute Gasteiger partial charge is 0.187 e. The van der Waals surface area contributed by atoms with Gasteiger partial charge in [-0.2, -0.15) is 0 Å². The highest BCUT2D eigenvalue weighted by Crippen LogP contribution is 2.44. The molecular weight excluding hydrogens is 632 g/mol. The van der Waals surface area contributed by atoms with Gasteiger partial charge in [0, 0.05) is 40.1 Å². The summed E-state index contributed by atoms with van der Waals surface area (Å²) in [7, 11) is 4.57. The zero-order valence-corrected chi connectivity index (χ0v) is 26.8. The molecule has 18 unspecified atom stereocenters. The Morgan fingerprint density at radius 1 is 0.553 bits per heavy atom. The second-order valence-corrected chi connectivity index (χ2v) is 13.4.